The average Bonchev–Trinajstić information content (AvgIpc) is 3.83. The van der Waals surface area contributed by atoms with Crippen LogP contribution in [0.3, 0.4) is 0 Å². The quantitative estimate of drug-likeness (QED) is 0.285. The topological polar surface area (TPSA) is 116 Å². The monoisotopic (exact) mass is 656 g/mol. The van der Waals surface area contributed by atoms with Gasteiger partial charge in [0.05, 0.1) is 76.3 Å². The Morgan fingerprint density at radius 2 is 0.792 bits per heavy atom. The summed E-state index contributed by atoms with van der Waals surface area (Å²) in [6.07, 6.45) is 13.5. The van der Waals surface area contributed by atoms with Crippen molar-refractivity contribution >= 4 is 0 Å². The Kier molecular flexibility index (Phi) is 6.56. The number of benzene rings is 2. The smallest absolute Gasteiger partial charge is 0.122 e. The first-order valence-electron chi connectivity index (χ1n) is 18.8. The van der Waals surface area contributed by atoms with E-state index in [2.05, 4.69) is 12.1 Å². The van der Waals surface area contributed by atoms with E-state index in [9.17, 15) is 10.2 Å². The van der Waals surface area contributed by atoms with E-state index in [1.165, 1.54) is 54.4 Å². The Labute approximate surface area is 282 Å². The molecule has 256 valence electrons. The molecule has 10 fully saturated rings. The third kappa shape index (κ3) is 5.41. The van der Waals surface area contributed by atoms with Gasteiger partial charge in [0, 0.05) is 49.7 Å². The highest BCUT2D eigenvalue weighted by atomic mass is 16.6. The Morgan fingerprint density at radius 3 is 1.12 bits per heavy atom. The van der Waals surface area contributed by atoms with Gasteiger partial charge in [-0.15, -0.1) is 0 Å². The van der Waals surface area contributed by atoms with Gasteiger partial charge in [-0.2, -0.15) is 0 Å². The molecule has 4 bridgehead atoms. The highest BCUT2D eigenvalue weighted by Gasteiger charge is 2.60. The van der Waals surface area contributed by atoms with E-state index in [1.807, 2.05) is 0 Å². The molecule has 6 heterocycles. The van der Waals surface area contributed by atoms with Gasteiger partial charge >= 0.3 is 0 Å². The van der Waals surface area contributed by atoms with Gasteiger partial charge in [-0.25, -0.2) is 0 Å². The molecule has 0 spiro atoms. The minimum absolute atomic E-state index is 0.0467. The van der Waals surface area contributed by atoms with Crippen molar-refractivity contribution in [3.8, 4) is 11.5 Å². The molecule has 2 aromatic rings. The second-order valence-electron chi connectivity index (χ2n) is 17.3. The molecular formula is C40H48O8. The van der Waals surface area contributed by atoms with E-state index in [1.54, 1.807) is 0 Å². The molecule has 10 aliphatic rings. The number of hydrogen-bond donors (Lipinski definition) is 2. The van der Waals surface area contributed by atoms with Crippen LogP contribution in [0.2, 0.25) is 0 Å². The first-order chi connectivity index (χ1) is 23.4. The zero-order valence-corrected chi connectivity index (χ0v) is 27.8. The molecule has 2 N–H and O–H groups in total. The van der Waals surface area contributed by atoms with Gasteiger partial charge < -0.3 is 38.6 Å². The van der Waals surface area contributed by atoms with Crippen LogP contribution < -0.4 is 0 Å². The standard InChI is InChI=1S/C40H48O8/c41-37-23(2-25-14-43-25)4-35(31(6-27-16-45-27)33(37)8-29-18-47-29)39-10-21-1-22(11-39)13-40(12-21,20-39)36-5-24(3-26-15-44-26)38(42)34(9-30-19-48-30)32(36)7-28-17-46-28/h4-5,21-22,25-30,41-42H,1-3,6-20H2. The Morgan fingerprint density at radius 1 is 0.479 bits per heavy atom. The summed E-state index contributed by atoms with van der Waals surface area (Å²) in [4.78, 5) is 0. The summed E-state index contributed by atoms with van der Waals surface area (Å²) in [6, 6.07) is 4.85. The zero-order chi connectivity index (χ0) is 31.8. The lowest BCUT2D eigenvalue weighted by Gasteiger charge is -2.63. The lowest BCUT2D eigenvalue weighted by atomic mass is 9.41. The van der Waals surface area contributed by atoms with Crippen LogP contribution in [0.1, 0.15) is 83.0 Å². The molecular weight excluding hydrogens is 608 g/mol. The van der Waals surface area contributed by atoms with E-state index in [4.69, 9.17) is 28.4 Å². The van der Waals surface area contributed by atoms with Gasteiger partial charge in [-0.05, 0) is 94.6 Å². The Balaban J connectivity index is 1.07. The predicted octanol–water partition coefficient (Wildman–Crippen LogP) is 4.54. The van der Waals surface area contributed by atoms with Gasteiger partial charge in [0.2, 0.25) is 0 Å². The van der Waals surface area contributed by atoms with Gasteiger partial charge in [-0.3, -0.25) is 0 Å². The maximum atomic E-state index is 11.9. The van der Waals surface area contributed by atoms with Crippen molar-refractivity contribution < 1.29 is 38.6 Å². The summed E-state index contributed by atoms with van der Waals surface area (Å²) in [5.41, 5.74) is 10.1. The Hall–Kier alpha value is -2.20. The molecule has 48 heavy (non-hydrogen) atoms. The number of hydrogen-bond acceptors (Lipinski definition) is 8. The number of rotatable bonds is 14. The van der Waals surface area contributed by atoms with Crippen molar-refractivity contribution in [2.45, 2.75) is 125 Å². The largest absolute Gasteiger partial charge is 0.507 e. The van der Waals surface area contributed by atoms with E-state index in [0.717, 1.165) is 107 Å². The average molecular weight is 657 g/mol. The number of ether oxygens (including phenoxy) is 6. The molecule has 8 heteroatoms. The van der Waals surface area contributed by atoms with Crippen molar-refractivity contribution in [2.75, 3.05) is 39.6 Å². The van der Waals surface area contributed by atoms with E-state index in [0.29, 0.717) is 23.3 Å². The van der Waals surface area contributed by atoms with Crippen LogP contribution in [-0.4, -0.2) is 86.5 Å². The second-order valence-corrected chi connectivity index (χ2v) is 17.3. The summed E-state index contributed by atoms with van der Waals surface area (Å²) in [6.45, 7) is 4.73. The molecule has 0 radical (unpaired) electrons. The van der Waals surface area contributed by atoms with Crippen LogP contribution in [0, 0.1) is 11.8 Å². The normalized spacial score (nSPS) is 40.7. The fourth-order valence-electron chi connectivity index (χ4n) is 11.2. The van der Waals surface area contributed by atoms with Crippen LogP contribution in [-0.2, 0) is 77.8 Å². The van der Waals surface area contributed by atoms with Crippen molar-refractivity contribution in [1.29, 1.82) is 0 Å². The maximum absolute atomic E-state index is 11.9. The van der Waals surface area contributed by atoms with Crippen LogP contribution in [0.5, 0.6) is 11.5 Å². The minimum Gasteiger partial charge on any atom is -0.507 e. The molecule has 6 unspecified atom stereocenters. The minimum atomic E-state index is 0.0467. The summed E-state index contributed by atoms with van der Waals surface area (Å²) in [5.74, 6) is 2.28. The fraction of sp³-hybridized carbons (Fsp3) is 0.700. The molecule has 0 amide bonds. The third-order valence-electron chi connectivity index (χ3n) is 13.4. The van der Waals surface area contributed by atoms with Crippen molar-refractivity contribution in [3.63, 3.8) is 0 Å². The lowest BCUT2D eigenvalue weighted by Crippen LogP contribution is -2.56. The summed E-state index contributed by atoms with van der Waals surface area (Å²) < 4.78 is 34.7. The lowest BCUT2D eigenvalue weighted by molar-refractivity contribution is -0.0290. The molecule has 2 aromatic carbocycles. The van der Waals surface area contributed by atoms with E-state index >= 15 is 0 Å². The van der Waals surface area contributed by atoms with E-state index in [-0.39, 0.29) is 47.5 Å². The van der Waals surface area contributed by atoms with Crippen molar-refractivity contribution in [2.24, 2.45) is 11.8 Å². The van der Waals surface area contributed by atoms with Crippen LogP contribution in [0.15, 0.2) is 12.1 Å². The van der Waals surface area contributed by atoms with Crippen molar-refractivity contribution in [3.05, 3.63) is 56.6 Å². The summed E-state index contributed by atoms with van der Waals surface area (Å²) in [5, 5.41) is 23.7. The Bertz CT molecular complexity index is 1510. The molecule has 0 aromatic heterocycles. The number of phenolic OH excluding ortho intramolecular Hbond substituents is 2. The van der Waals surface area contributed by atoms with E-state index < -0.39 is 0 Å². The highest BCUT2D eigenvalue weighted by Crippen LogP contribution is 2.68. The fourth-order valence-corrected chi connectivity index (χ4v) is 11.2. The van der Waals surface area contributed by atoms with Crippen molar-refractivity contribution in [1.82, 2.24) is 0 Å². The SMILES string of the molecule is Oc1c(CC2CO2)cc(C23CC4CC(C2)CC(c2cc(CC5CO5)c(O)c(CC5CO5)c2CC2CO2)(C4)C3)c(CC2CO2)c1CC1CO1. The van der Waals surface area contributed by atoms with Gasteiger partial charge in [0.15, 0.2) is 0 Å². The maximum Gasteiger partial charge on any atom is 0.122 e. The first kappa shape index (κ1) is 29.5. The molecule has 12 rings (SSSR count). The number of phenols is 2. The molecule has 6 atom stereocenters. The molecule has 4 aliphatic carbocycles. The molecule has 8 nitrogen and oxygen atoms in total. The van der Waals surface area contributed by atoms with Gasteiger partial charge in [0.1, 0.15) is 11.5 Å². The van der Waals surface area contributed by atoms with Crippen LogP contribution in [0.4, 0.5) is 0 Å². The summed E-state index contributed by atoms with van der Waals surface area (Å²) >= 11 is 0. The molecule has 6 saturated heterocycles. The first-order valence-corrected chi connectivity index (χ1v) is 18.8. The molecule has 4 saturated carbocycles. The summed E-state index contributed by atoms with van der Waals surface area (Å²) in [7, 11) is 0. The molecule has 6 aliphatic heterocycles. The zero-order valence-electron chi connectivity index (χ0n) is 27.8. The van der Waals surface area contributed by atoms with Crippen LogP contribution in [0.25, 0.3) is 0 Å². The second kappa shape index (κ2) is 10.7. The number of epoxide rings is 6. The van der Waals surface area contributed by atoms with Crippen LogP contribution >= 0.6 is 0 Å². The van der Waals surface area contributed by atoms with Gasteiger partial charge in [-0.1, -0.05) is 12.1 Å². The predicted molar refractivity (Wildman–Crippen MR) is 175 cm³/mol. The van der Waals surface area contributed by atoms with Gasteiger partial charge in [0.25, 0.3) is 0 Å². The highest BCUT2D eigenvalue weighted by molar-refractivity contribution is 5.58. The number of aromatic hydroxyl groups is 2. The third-order valence-corrected chi connectivity index (χ3v) is 13.4.